The first-order valence-electron chi connectivity index (χ1n) is 8.30. The van der Waals surface area contributed by atoms with E-state index >= 15 is 0 Å². The quantitative estimate of drug-likeness (QED) is 0.315. The summed E-state index contributed by atoms with van der Waals surface area (Å²) in [5.74, 6) is -1.05. The Hall–Kier alpha value is -1.26. The standard InChI is InChI=1S/C20H22F2S2/c1-2-3-4-5-14-6-8-15(9-7-14)16-12-18(21)17(19(22)13-16)10-11-20(23)24/h6-9,12-13H,2-5,10-11H2,1H3,(H,23,24). The van der Waals surface area contributed by atoms with Crippen molar-refractivity contribution in [2.45, 2.75) is 45.4 Å². The summed E-state index contributed by atoms with van der Waals surface area (Å²) >= 11 is 8.85. The molecule has 0 N–H and O–H groups in total. The maximum atomic E-state index is 14.2. The van der Waals surface area contributed by atoms with Crippen molar-refractivity contribution in [2.75, 3.05) is 0 Å². The summed E-state index contributed by atoms with van der Waals surface area (Å²) in [4.78, 5) is 0. The molecule has 2 aromatic carbocycles. The average Bonchev–Trinajstić information content (AvgIpc) is 2.54. The molecule has 0 bridgehead atoms. The highest BCUT2D eigenvalue weighted by molar-refractivity contribution is 8.11. The molecule has 0 aromatic heterocycles. The van der Waals surface area contributed by atoms with Gasteiger partial charge in [-0.2, -0.15) is 0 Å². The van der Waals surface area contributed by atoms with Crippen LogP contribution in [0.5, 0.6) is 0 Å². The lowest BCUT2D eigenvalue weighted by Crippen LogP contribution is -1.99. The monoisotopic (exact) mass is 364 g/mol. The Labute approximate surface area is 153 Å². The van der Waals surface area contributed by atoms with Gasteiger partial charge in [0.05, 0.1) is 0 Å². The van der Waals surface area contributed by atoms with Crippen molar-refractivity contribution in [2.24, 2.45) is 0 Å². The Morgan fingerprint density at radius 3 is 2.12 bits per heavy atom. The third-order valence-corrected chi connectivity index (χ3v) is 4.51. The predicted molar refractivity (Wildman–Crippen MR) is 105 cm³/mol. The lowest BCUT2D eigenvalue weighted by atomic mass is 9.99. The lowest BCUT2D eigenvalue weighted by Gasteiger charge is -2.09. The van der Waals surface area contributed by atoms with Crippen molar-refractivity contribution < 1.29 is 8.78 Å². The van der Waals surface area contributed by atoms with Crippen LogP contribution in [-0.2, 0) is 12.8 Å². The van der Waals surface area contributed by atoms with E-state index in [-0.39, 0.29) is 12.0 Å². The number of rotatable bonds is 8. The molecule has 0 amide bonds. The van der Waals surface area contributed by atoms with Gasteiger partial charge in [0.2, 0.25) is 0 Å². The molecule has 0 unspecified atom stereocenters. The average molecular weight is 365 g/mol. The molecular formula is C20H22F2S2. The second kappa shape index (κ2) is 9.28. The summed E-state index contributed by atoms with van der Waals surface area (Å²) in [5, 5.41) is 0. The van der Waals surface area contributed by atoms with E-state index in [1.165, 1.54) is 37.0 Å². The van der Waals surface area contributed by atoms with Gasteiger partial charge in [-0.25, -0.2) is 8.78 Å². The van der Waals surface area contributed by atoms with E-state index in [9.17, 15) is 8.78 Å². The van der Waals surface area contributed by atoms with Crippen molar-refractivity contribution in [1.29, 1.82) is 0 Å². The third kappa shape index (κ3) is 5.38. The molecule has 4 heteroatoms. The zero-order chi connectivity index (χ0) is 17.5. The number of aryl methyl sites for hydroxylation is 1. The van der Waals surface area contributed by atoms with Gasteiger partial charge in [0.15, 0.2) is 0 Å². The van der Waals surface area contributed by atoms with Crippen LogP contribution in [-0.4, -0.2) is 4.20 Å². The molecule has 0 radical (unpaired) electrons. The highest BCUT2D eigenvalue weighted by Gasteiger charge is 2.12. The smallest absolute Gasteiger partial charge is 0.129 e. The van der Waals surface area contributed by atoms with E-state index in [4.69, 9.17) is 12.2 Å². The largest absolute Gasteiger partial charge is 0.207 e. The maximum Gasteiger partial charge on any atom is 0.129 e. The molecule has 0 aliphatic rings. The fraction of sp³-hybridized carbons (Fsp3) is 0.350. The molecular weight excluding hydrogens is 342 g/mol. The fourth-order valence-electron chi connectivity index (χ4n) is 2.68. The minimum absolute atomic E-state index is 0.0753. The van der Waals surface area contributed by atoms with Crippen molar-refractivity contribution in [1.82, 2.24) is 0 Å². The van der Waals surface area contributed by atoms with Gasteiger partial charge in [-0.15, -0.1) is 12.6 Å². The number of hydrogen-bond acceptors (Lipinski definition) is 1. The predicted octanol–water partition coefficient (Wildman–Crippen LogP) is 6.55. The highest BCUT2D eigenvalue weighted by Crippen LogP contribution is 2.26. The van der Waals surface area contributed by atoms with Crippen LogP contribution in [0.2, 0.25) is 0 Å². The molecule has 2 rings (SSSR count). The molecule has 0 spiro atoms. The van der Waals surface area contributed by atoms with Crippen LogP contribution >= 0.6 is 24.8 Å². The Kier molecular flexibility index (Phi) is 7.38. The Morgan fingerprint density at radius 1 is 0.958 bits per heavy atom. The van der Waals surface area contributed by atoms with Crippen molar-refractivity contribution >= 4 is 29.0 Å². The number of thiocarbonyl (C=S) groups is 1. The summed E-state index contributed by atoms with van der Waals surface area (Å²) in [6.45, 7) is 2.18. The molecule has 2 aromatic rings. The molecule has 128 valence electrons. The number of benzene rings is 2. The van der Waals surface area contributed by atoms with Gasteiger partial charge in [-0.3, -0.25) is 0 Å². The van der Waals surface area contributed by atoms with E-state index in [0.717, 1.165) is 12.0 Å². The summed E-state index contributed by atoms with van der Waals surface area (Å²) in [6, 6.07) is 10.7. The third-order valence-electron chi connectivity index (χ3n) is 4.09. The highest BCUT2D eigenvalue weighted by atomic mass is 32.1. The second-order valence-corrected chi connectivity index (χ2v) is 7.30. The lowest BCUT2D eigenvalue weighted by molar-refractivity contribution is 0.558. The van der Waals surface area contributed by atoms with Crippen molar-refractivity contribution in [3.63, 3.8) is 0 Å². The molecule has 0 nitrogen and oxygen atoms in total. The zero-order valence-corrected chi connectivity index (χ0v) is 15.5. The number of hydrogen-bond donors (Lipinski definition) is 1. The van der Waals surface area contributed by atoms with Gasteiger partial charge >= 0.3 is 0 Å². The van der Waals surface area contributed by atoms with E-state index < -0.39 is 11.6 Å². The summed E-state index contributed by atoms with van der Waals surface area (Å²) in [5.41, 5.74) is 2.71. The van der Waals surface area contributed by atoms with Crippen LogP contribution in [0.25, 0.3) is 11.1 Å². The van der Waals surface area contributed by atoms with E-state index in [0.29, 0.717) is 16.2 Å². The molecule has 0 aliphatic heterocycles. The SMILES string of the molecule is CCCCCc1ccc(-c2cc(F)c(CCC(=S)S)c(F)c2)cc1. The fourth-order valence-corrected chi connectivity index (χ4v) is 2.90. The van der Waals surface area contributed by atoms with Crippen molar-refractivity contribution in [3.8, 4) is 11.1 Å². The van der Waals surface area contributed by atoms with Crippen LogP contribution in [0.3, 0.4) is 0 Å². The number of unbranched alkanes of at least 4 members (excludes halogenated alkanes) is 2. The minimum Gasteiger partial charge on any atom is -0.207 e. The first kappa shape index (κ1) is 19.1. The van der Waals surface area contributed by atoms with E-state index in [2.05, 4.69) is 19.6 Å². The van der Waals surface area contributed by atoms with Gasteiger partial charge in [0, 0.05) is 9.76 Å². The van der Waals surface area contributed by atoms with E-state index in [1.807, 2.05) is 24.3 Å². The van der Waals surface area contributed by atoms with Crippen LogP contribution in [0.1, 0.15) is 43.7 Å². The first-order valence-corrected chi connectivity index (χ1v) is 9.15. The Bertz CT molecular complexity index is 670. The molecule has 0 aliphatic carbocycles. The normalized spacial score (nSPS) is 10.8. The summed E-state index contributed by atoms with van der Waals surface area (Å²) < 4.78 is 28.9. The number of halogens is 2. The molecule has 0 fully saturated rings. The molecule has 24 heavy (non-hydrogen) atoms. The molecule has 0 atom stereocenters. The second-order valence-electron chi connectivity index (χ2n) is 5.97. The van der Waals surface area contributed by atoms with Gasteiger partial charge in [-0.05, 0) is 54.5 Å². The number of thiol groups is 1. The topological polar surface area (TPSA) is 0 Å². The summed E-state index contributed by atoms with van der Waals surface area (Å²) in [6.07, 6.45) is 5.24. The minimum atomic E-state index is -0.526. The van der Waals surface area contributed by atoms with Crippen LogP contribution in [0.15, 0.2) is 36.4 Å². The van der Waals surface area contributed by atoms with Gasteiger partial charge < -0.3 is 0 Å². The van der Waals surface area contributed by atoms with Crippen LogP contribution in [0.4, 0.5) is 8.78 Å². The van der Waals surface area contributed by atoms with E-state index in [1.54, 1.807) is 0 Å². The van der Waals surface area contributed by atoms with Crippen LogP contribution < -0.4 is 0 Å². The molecule has 0 saturated carbocycles. The van der Waals surface area contributed by atoms with Gasteiger partial charge in [0.25, 0.3) is 0 Å². The maximum absolute atomic E-state index is 14.2. The van der Waals surface area contributed by atoms with Crippen molar-refractivity contribution in [3.05, 3.63) is 59.2 Å². The zero-order valence-electron chi connectivity index (χ0n) is 13.8. The van der Waals surface area contributed by atoms with Crippen LogP contribution in [0, 0.1) is 11.6 Å². The summed E-state index contributed by atoms with van der Waals surface area (Å²) in [7, 11) is 0. The first-order chi connectivity index (χ1) is 11.5. The molecule has 0 heterocycles. The van der Waals surface area contributed by atoms with Gasteiger partial charge in [-0.1, -0.05) is 56.2 Å². The Morgan fingerprint density at radius 2 is 1.58 bits per heavy atom. The Balaban J connectivity index is 2.15. The molecule has 0 saturated heterocycles. The van der Waals surface area contributed by atoms with Gasteiger partial charge in [0.1, 0.15) is 11.6 Å².